The number of amides is 3. The lowest BCUT2D eigenvalue weighted by Crippen LogP contribution is -2.57. The molecular weight excluding hydrogens is 254 g/mol. The number of carboxylic acids is 1. The molecule has 3 amide bonds. The van der Waals surface area contributed by atoms with Crippen molar-refractivity contribution in [3.05, 3.63) is 0 Å². The van der Waals surface area contributed by atoms with E-state index in [0.29, 0.717) is 13.1 Å². The topological polar surface area (TPSA) is 128 Å². The van der Waals surface area contributed by atoms with Gasteiger partial charge in [-0.05, 0) is 7.05 Å². The number of nitrogens with zero attached hydrogens (tertiary/aromatic N) is 2. The number of likely N-dealkylation sites (N-methyl/N-ethyl adjacent to an activating group) is 1. The van der Waals surface area contributed by atoms with Crippen LogP contribution in [0.25, 0.3) is 0 Å². The fourth-order valence-electron chi connectivity index (χ4n) is 1.65. The molecule has 0 saturated carbocycles. The first kappa shape index (κ1) is 15.2. The van der Waals surface area contributed by atoms with Crippen molar-refractivity contribution in [3.8, 4) is 0 Å². The summed E-state index contributed by atoms with van der Waals surface area (Å²) < 4.78 is 0. The normalized spacial score (nSPS) is 18.6. The number of nitrogens with two attached hydrogens (primary N) is 1. The Morgan fingerprint density at radius 3 is 2.32 bits per heavy atom. The van der Waals surface area contributed by atoms with Crippen molar-refractivity contribution < 1.29 is 19.5 Å². The van der Waals surface area contributed by atoms with Gasteiger partial charge in [0.2, 0.25) is 5.91 Å². The van der Waals surface area contributed by atoms with Gasteiger partial charge in [-0.1, -0.05) is 0 Å². The number of hydrogen-bond acceptors (Lipinski definition) is 5. The molecule has 1 atom stereocenters. The van der Waals surface area contributed by atoms with E-state index in [0.717, 1.165) is 13.1 Å². The average Bonchev–Trinajstić information content (AvgIpc) is 2.30. The van der Waals surface area contributed by atoms with E-state index < -0.39 is 30.4 Å². The van der Waals surface area contributed by atoms with E-state index in [1.165, 1.54) is 0 Å². The van der Waals surface area contributed by atoms with Crippen molar-refractivity contribution in [2.75, 3.05) is 33.2 Å². The smallest absolute Gasteiger partial charge is 0.330 e. The summed E-state index contributed by atoms with van der Waals surface area (Å²) >= 11 is 0. The van der Waals surface area contributed by atoms with E-state index in [-0.39, 0.29) is 0 Å². The van der Waals surface area contributed by atoms with Gasteiger partial charge in [0.1, 0.15) is 6.04 Å². The predicted molar refractivity (Wildman–Crippen MR) is 66.0 cm³/mol. The van der Waals surface area contributed by atoms with Crippen molar-refractivity contribution >= 4 is 17.9 Å². The Labute approximate surface area is 110 Å². The van der Waals surface area contributed by atoms with Crippen LogP contribution < -0.4 is 16.5 Å². The molecule has 1 aliphatic rings. The highest BCUT2D eigenvalue weighted by Crippen LogP contribution is 1.96. The number of urea groups is 1. The van der Waals surface area contributed by atoms with Crippen LogP contribution in [0.3, 0.4) is 0 Å². The molecule has 0 aromatic carbocycles. The molecule has 19 heavy (non-hydrogen) atoms. The Morgan fingerprint density at radius 1 is 1.26 bits per heavy atom. The van der Waals surface area contributed by atoms with Gasteiger partial charge in [-0.15, -0.1) is 0 Å². The Hall–Kier alpha value is -1.87. The number of carbonyl (C=O) groups excluding carboxylic acids is 2. The van der Waals surface area contributed by atoms with Crippen LogP contribution in [0.15, 0.2) is 0 Å². The highest BCUT2D eigenvalue weighted by molar-refractivity contribution is 5.87. The second-order valence-corrected chi connectivity index (χ2v) is 4.44. The molecule has 108 valence electrons. The second kappa shape index (κ2) is 6.90. The van der Waals surface area contributed by atoms with Gasteiger partial charge in [-0.2, -0.15) is 0 Å². The SMILES string of the molecule is CN1CCN(NC(=O)N[C@H](CC(N)=O)C(=O)O)CC1. The van der Waals surface area contributed by atoms with Crippen LogP contribution in [0.4, 0.5) is 4.79 Å². The molecule has 0 unspecified atom stereocenters. The Kier molecular flexibility index (Phi) is 5.52. The second-order valence-electron chi connectivity index (χ2n) is 4.44. The fourth-order valence-corrected chi connectivity index (χ4v) is 1.65. The lowest BCUT2D eigenvalue weighted by molar-refractivity contribution is -0.140. The maximum absolute atomic E-state index is 11.6. The van der Waals surface area contributed by atoms with E-state index in [4.69, 9.17) is 10.8 Å². The molecule has 0 spiro atoms. The summed E-state index contributed by atoms with van der Waals surface area (Å²) in [7, 11) is 1.98. The van der Waals surface area contributed by atoms with Gasteiger partial charge in [0.25, 0.3) is 0 Å². The summed E-state index contributed by atoms with van der Waals surface area (Å²) in [5, 5.41) is 12.7. The van der Waals surface area contributed by atoms with E-state index in [1.807, 2.05) is 7.05 Å². The minimum atomic E-state index is -1.31. The molecular formula is C10H19N5O4. The van der Waals surface area contributed by atoms with Gasteiger partial charge in [0.05, 0.1) is 6.42 Å². The maximum Gasteiger partial charge on any atom is 0.330 e. The molecule has 0 radical (unpaired) electrons. The highest BCUT2D eigenvalue weighted by Gasteiger charge is 2.23. The number of piperazine rings is 1. The number of nitrogens with one attached hydrogen (secondary N) is 2. The Bertz CT molecular complexity index is 354. The average molecular weight is 273 g/mol. The van der Waals surface area contributed by atoms with E-state index in [9.17, 15) is 14.4 Å². The fraction of sp³-hybridized carbons (Fsp3) is 0.700. The lowest BCUT2D eigenvalue weighted by Gasteiger charge is -2.32. The third kappa shape index (κ3) is 5.53. The van der Waals surface area contributed by atoms with E-state index in [2.05, 4.69) is 15.6 Å². The zero-order chi connectivity index (χ0) is 14.4. The molecule has 0 aliphatic carbocycles. The maximum atomic E-state index is 11.6. The summed E-state index contributed by atoms with van der Waals surface area (Å²) in [5.41, 5.74) is 7.46. The Morgan fingerprint density at radius 2 is 1.84 bits per heavy atom. The monoisotopic (exact) mass is 273 g/mol. The van der Waals surface area contributed by atoms with Gasteiger partial charge in [0.15, 0.2) is 0 Å². The first-order valence-corrected chi connectivity index (χ1v) is 5.90. The number of carbonyl (C=O) groups is 3. The van der Waals surface area contributed by atoms with Gasteiger partial charge in [-0.3, -0.25) is 10.2 Å². The third-order valence-corrected chi connectivity index (χ3v) is 2.77. The number of hydrogen-bond donors (Lipinski definition) is 4. The molecule has 1 fully saturated rings. The summed E-state index contributed by atoms with van der Waals surface area (Å²) in [6.45, 7) is 2.92. The third-order valence-electron chi connectivity index (χ3n) is 2.77. The lowest BCUT2D eigenvalue weighted by atomic mass is 10.2. The summed E-state index contributed by atoms with van der Waals surface area (Å²) in [6, 6.07) is -1.97. The number of rotatable bonds is 5. The molecule has 0 bridgehead atoms. The van der Waals surface area contributed by atoms with Crippen LogP contribution in [0, 0.1) is 0 Å². The van der Waals surface area contributed by atoms with Crippen molar-refractivity contribution in [1.29, 1.82) is 0 Å². The minimum Gasteiger partial charge on any atom is -0.480 e. The van der Waals surface area contributed by atoms with Crippen molar-refractivity contribution in [1.82, 2.24) is 20.7 Å². The van der Waals surface area contributed by atoms with Crippen LogP contribution in [0.2, 0.25) is 0 Å². The van der Waals surface area contributed by atoms with Gasteiger partial charge >= 0.3 is 12.0 Å². The molecule has 1 rings (SSSR count). The number of carboxylic acid groups (broad SMARTS) is 1. The largest absolute Gasteiger partial charge is 0.480 e. The first-order chi connectivity index (χ1) is 8.88. The van der Waals surface area contributed by atoms with Crippen LogP contribution in [-0.4, -0.2) is 72.2 Å². The van der Waals surface area contributed by atoms with Crippen molar-refractivity contribution in [2.45, 2.75) is 12.5 Å². The van der Waals surface area contributed by atoms with Crippen LogP contribution >= 0.6 is 0 Å². The van der Waals surface area contributed by atoms with Crippen LogP contribution in [-0.2, 0) is 9.59 Å². The molecule has 0 aromatic heterocycles. The summed E-state index contributed by atoms with van der Waals surface area (Å²) in [4.78, 5) is 35.2. The van der Waals surface area contributed by atoms with Crippen LogP contribution in [0.5, 0.6) is 0 Å². The quantitative estimate of drug-likeness (QED) is 0.449. The minimum absolute atomic E-state index is 0.439. The van der Waals surface area contributed by atoms with Gasteiger partial charge < -0.3 is 21.1 Å². The molecule has 1 saturated heterocycles. The van der Waals surface area contributed by atoms with E-state index in [1.54, 1.807) is 5.01 Å². The summed E-state index contributed by atoms with van der Waals surface area (Å²) in [6.07, 6.45) is -0.439. The number of hydrazine groups is 1. The van der Waals surface area contributed by atoms with Crippen molar-refractivity contribution in [2.24, 2.45) is 5.73 Å². The molecule has 1 aliphatic heterocycles. The van der Waals surface area contributed by atoms with Gasteiger partial charge in [0, 0.05) is 26.2 Å². The predicted octanol–water partition coefficient (Wildman–Crippen LogP) is -2.22. The zero-order valence-corrected chi connectivity index (χ0v) is 10.8. The van der Waals surface area contributed by atoms with E-state index >= 15 is 0 Å². The Balaban J connectivity index is 2.40. The molecule has 0 aromatic rings. The summed E-state index contributed by atoms with van der Waals surface area (Å²) in [5.74, 6) is -2.08. The molecule has 9 heteroatoms. The highest BCUT2D eigenvalue weighted by atomic mass is 16.4. The molecule has 5 N–H and O–H groups in total. The van der Waals surface area contributed by atoms with Gasteiger partial charge in [-0.25, -0.2) is 14.6 Å². The standard InChI is InChI=1S/C10H19N5O4/c1-14-2-4-15(5-3-14)13-10(19)12-7(9(17)18)6-8(11)16/h7H,2-6H2,1H3,(H2,11,16)(H,17,18)(H2,12,13,19)/t7-/m1/s1. The first-order valence-electron chi connectivity index (χ1n) is 5.90. The molecule has 1 heterocycles. The molecule has 9 nitrogen and oxygen atoms in total. The zero-order valence-electron chi connectivity index (χ0n) is 10.8. The van der Waals surface area contributed by atoms with Crippen molar-refractivity contribution in [3.63, 3.8) is 0 Å². The number of primary amides is 1. The number of aliphatic carboxylic acids is 1. The van der Waals surface area contributed by atoms with Crippen LogP contribution in [0.1, 0.15) is 6.42 Å².